The van der Waals surface area contributed by atoms with E-state index >= 15 is 0 Å². The van der Waals surface area contributed by atoms with Crippen LogP contribution in [0.4, 0.5) is 5.69 Å². The predicted molar refractivity (Wildman–Crippen MR) is 95.0 cm³/mol. The fourth-order valence-corrected chi connectivity index (χ4v) is 4.48. The molecule has 134 valence electrons. The highest BCUT2D eigenvalue weighted by Crippen LogP contribution is 2.28. The first-order valence-corrected chi connectivity index (χ1v) is 9.96. The molecular formula is C16H23ClN2O4S. The number of nitrogens with zero attached hydrogens (tertiary/aromatic N) is 1. The Bertz CT molecular complexity index is 706. The molecule has 1 aliphatic heterocycles. The summed E-state index contributed by atoms with van der Waals surface area (Å²) in [6.07, 6.45) is 1.45. The molecule has 1 unspecified atom stereocenters. The van der Waals surface area contributed by atoms with Gasteiger partial charge in [-0.15, -0.1) is 0 Å². The third-order valence-electron chi connectivity index (χ3n) is 4.15. The van der Waals surface area contributed by atoms with Gasteiger partial charge in [-0.05, 0) is 37.0 Å². The molecule has 0 bridgehead atoms. The van der Waals surface area contributed by atoms with Gasteiger partial charge in [-0.1, -0.05) is 25.4 Å². The van der Waals surface area contributed by atoms with Crippen LogP contribution in [0.1, 0.15) is 37.0 Å². The lowest BCUT2D eigenvalue weighted by molar-refractivity contribution is 0.0897. The zero-order valence-corrected chi connectivity index (χ0v) is 15.4. The normalized spacial score (nSPS) is 18.5. The Labute approximate surface area is 147 Å². The molecule has 1 amide bonds. The third-order valence-corrected chi connectivity index (χ3v) is 6.33. The van der Waals surface area contributed by atoms with Crippen LogP contribution in [0.2, 0.25) is 5.02 Å². The van der Waals surface area contributed by atoms with Crippen molar-refractivity contribution in [2.24, 2.45) is 5.92 Å². The van der Waals surface area contributed by atoms with Crippen molar-refractivity contribution in [2.75, 3.05) is 23.2 Å². The molecule has 1 atom stereocenters. The first-order valence-electron chi connectivity index (χ1n) is 7.98. The second-order valence-electron chi connectivity index (χ2n) is 6.27. The van der Waals surface area contributed by atoms with Crippen LogP contribution in [-0.4, -0.2) is 44.4 Å². The average Bonchev–Trinajstić information content (AvgIpc) is 2.51. The van der Waals surface area contributed by atoms with Gasteiger partial charge in [0.15, 0.2) is 0 Å². The number of rotatable bonds is 5. The summed E-state index contributed by atoms with van der Waals surface area (Å²) < 4.78 is 25.6. The minimum absolute atomic E-state index is 0.0792. The number of sulfonamides is 1. The fourth-order valence-electron chi connectivity index (χ4n) is 2.59. The van der Waals surface area contributed by atoms with E-state index in [0.717, 1.165) is 6.42 Å². The van der Waals surface area contributed by atoms with Crippen LogP contribution in [0.5, 0.6) is 0 Å². The molecule has 2 N–H and O–H groups in total. The van der Waals surface area contributed by atoms with Crippen LogP contribution >= 0.6 is 11.6 Å². The molecule has 1 aromatic rings. The molecule has 0 spiro atoms. The number of hydrogen-bond acceptors (Lipinski definition) is 4. The number of amides is 1. The number of aliphatic hydroxyl groups excluding tert-OH is 1. The maximum absolute atomic E-state index is 12.3. The Morgan fingerprint density at radius 1 is 1.38 bits per heavy atom. The van der Waals surface area contributed by atoms with Crippen molar-refractivity contribution in [1.82, 2.24) is 5.32 Å². The Kier molecular flexibility index (Phi) is 6.11. The molecule has 0 saturated carbocycles. The molecule has 0 aliphatic carbocycles. The van der Waals surface area contributed by atoms with E-state index in [1.165, 1.54) is 16.4 Å². The molecule has 1 aliphatic rings. The summed E-state index contributed by atoms with van der Waals surface area (Å²) in [7, 11) is -3.32. The number of carbonyl (C=O) groups excluding carboxylic acids is 1. The van der Waals surface area contributed by atoms with E-state index in [9.17, 15) is 18.3 Å². The number of anilines is 1. The summed E-state index contributed by atoms with van der Waals surface area (Å²) in [6, 6.07) is 4.25. The second-order valence-corrected chi connectivity index (χ2v) is 8.69. The van der Waals surface area contributed by atoms with Crippen molar-refractivity contribution in [3.63, 3.8) is 0 Å². The number of aliphatic hydroxyl groups is 1. The highest BCUT2D eigenvalue weighted by Gasteiger charge is 2.27. The first kappa shape index (κ1) is 19.0. The van der Waals surface area contributed by atoms with Crippen molar-refractivity contribution in [1.29, 1.82) is 0 Å². The van der Waals surface area contributed by atoms with E-state index in [4.69, 9.17) is 11.6 Å². The van der Waals surface area contributed by atoms with E-state index in [-0.39, 0.29) is 40.8 Å². The summed E-state index contributed by atoms with van der Waals surface area (Å²) in [5.41, 5.74) is 0.729. The minimum atomic E-state index is -3.32. The van der Waals surface area contributed by atoms with Gasteiger partial charge in [-0.3, -0.25) is 9.10 Å². The van der Waals surface area contributed by atoms with Crippen molar-refractivity contribution in [3.05, 3.63) is 28.8 Å². The largest absolute Gasteiger partial charge is 0.394 e. The summed E-state index contributed by atoms with van der Waals surface area (Å²) >= 11 is 6.20. The molecule has 6 nitrogen and oxygen atoms in total. The molecule has 1 fully saturated rings. The minimum Gasteiger partial charge on any atom is -0.394 e. The summed E-state index contributed by atoms with van der Waals surface area (Å²) in [4.78, 5) is 12.3. The Morgan fingerprint density at radius 3 is 2.62 bits per heavy atom. The lowest BCUT2D eigenvalue weighted by atomic mass is 10.0. The Hall–Kier alpha value is -1.31. The number of halogens is 1. The molecule has 0 aromatic heterocycles. The summed E-state index contributed by atoms with van der Waals surface area (Å²) in [5.74, 6) is -0.185. The highest BCUT2D eigenvalue weighted by molar-refractivity contribution is 7.92. The molecular weight excluding hydrogens is 352 g/mol. The second kappa shape index (κ2) is 7.72. The van der Waals surface area contributed by atoms with Crippen molar-refractivity contribution >= 4 is 33.2 Å². The monoisotopic (exact) mass is 374 g/mol. The molecule has 0 radical (unpaired) electrons. The van der Waals surface area contributed by atoms with Gasteiger partial charge in [0, 0.05) is 6.54 Å². The molecule has 1 aromatic carbocycles. The Balaban J connectivity index is 2.22. The fraction of sp³-hybridized carbons (Fsp3) is 0.562. The summed E-state index contributed by atoms with van der Waals surface area (Å²) in [5, 5.41) is 12.2. The van der Waals surface area contributed by atoms with Gasteiger partial charge in [-0.2, -0.15) is 0 Å². The Morgan fingerprint density at radius 2 is 2.08 bits per heavy atom. The van der Waals surface area contributed by atoms with E-state index in [1.807, 2.05) is 13.8 Å². The average molecular weight is 375 g/mol. The van der Waals surface area contributed by atoms with E-state index in [0.29, 0.717) is 18.7 Å². The van der Waals surface area contributed by atoms with Crippen molar-refractivity contribution in [3.8, 4) is 0 Å². The molecule has 1 saturated heterocycles. The SMILES string of the molecule is CC(C)C(CO)NC(=O)c1ccc(N2CCCCS2(=O)=O)cc1Cl. The third kappa shape index (κ3) is 4.20. The van der Waals surface area contributed by atoms with Gasteiger partial charge in [0.2, 0.25) is 10.0 Å². The van der Waals surface area contributed by atoms with Crippen LogP contribution in [0, 0.1) is 5.92 Å². The van der Waals surface area contributed by atoms with Gasteiger partial charge in [-0.25, -0.2) is 8.42 Å². The highest BCUT2D eigenvalue weighted by atomic mass is 35.5. The maximum atomic E-state index is 12.3. The molecule has 2 rings (SSSR count). The van der Waals surface area contributed by atoms with E-state index in [2.05, 4.69) is 5.32 Å². The first-order chi connectivity index (χ1) is 11.3. The van der Waals surface area contributed by atoms with Gasteiger partial charge in [0.1, 0.15) is 0 Å². The summed E-state index contributed by atoms with van der Waals surface area (Å²) in [6.45, 7) is 4.05. The van der Waals surface area contributed by atoms with Gasteiger partial charge < -0.3 is 10.4 Å². The molecule has 8 heteroatoms. The van der Waals surface area contributed by atoms with Gasteiger partial charge in [0.25, 0.3) is 5.91 Å². The van der Waals surface area contributed by atoms with Crippen molar-refractivity contribution < 1.29 is 18.3 Å². The lowest BCUT2D eigenvalue weighted by Gasteiger charge is -2.28. The van der Waals surface area contributed by atoms with Crippen LogP contribution in [0.25, 0.3) is 0 Å². The lowest BCUT2D eigenvalue weighted by Crippen LogP contribution is -2.41. The molecule has 1 heterocycles. The smallest absolute Gasteiger partial charge is 0.253 e. The topological polar surface area (TPSA) is 86.7 Å². The zero-order chi connectivity index (χ0) is 17.9. The van der Waals surface area contributed by atoms with Crippen LogP contribution in [0.15, 0.2) is 18.2 Å². The number of hydrogen-bond donors (Lipinski definition) is 2. The van der Waals surface area contributed by atoms with E-state index in [1.54, 1.807) is 6.07 Å². The standard InChI is InChI=1S/C16H23ClN2O4S/c1-11(2)15(10-20)18-16(21)13-6-5-12(9-14(13)17)19-7-3-4-8-24(19,22)23/h5-6,9,11,15,20H,3-4,7-8,10H2,1-2H3,(H,18,21). The number of nitrogens with one attached hydrogen (secondary N) is 1. The molecule has 24 heavy (non-hydrogen) atoms. The van der Waals surface area contributed by atoms with Gasteiger partial charge in [0.05, 0.1) is 34.7 Å². The quantitative estimate of drug-likeness (QED) is 0.825. The van der Waals surface area contributed by atoms with E-state index < -0.39 is 10.0 Å². The number of carbonyl (C=O) groups is 1. The van der Waals surface area contributed by atoms with Crippen molar-refractivity contribution in [2.45, 2.75) is 32.7 Å². The van der Waals surface area contributed by atoms with Gasteiger partial charge >= 0.3 is 0 Å². The number of benzene rings is 1. The van der Waals surface area contributed by atoms with Crippen LogP contribution < -0.4 is 9.62 Å². The zero-order valence-electron chi connectivity index (χ0n) is 13.8. The van der Waals surface area contributed by atoms with Crippen LogP contribution in [-0.2, 0) is 10.0 Å². The predicted octanol–water partition coefficient (Wildman–Crippen LogP) is 2.02. The van der Waals surface area contributed by atoms with Crippen LogP contribution in [0.3, 0.4) is 0 Å². The maximum Gasteiger partial charge on any atom is 0.253 e.